The fourth-order valence-corrected chi connectivity index (χ4v) is 2.91. The molecule has 0 unspecified atom stereocenters. The molecule has 0 aromatic rings. The summed E-state index contributed by atoms with van der Waals surface area (Å²) in [5.74, 6) is -0.866. The van der Waals surface area contributed by atoms with Gasteiger partial charge in [-0.25, -0.2) is 9.59 Å². The van der Waals surface area contributed by atoms with Gasteiger partial charge in [-0.2, -0.15) is 0 Å². The monoisotopic (exact) mass is 310 g/mol. The number of carbonyl (C=O) groups is 2. The lowest BCUT2D eigenvalue weighted by atomic mass is 9.98. The van der Waals surface area contributed by atoms with Crippen LogP contribution in [0.4, 0.5) is 0 Å². The van der Waals surface area contributed by atoms with Gasteiger partial charge < -0.3 is 9.47 Å². The Kier molecular flexibility index (Phi) is 9.60. The fourth-order valence-electron chi connectivity index (χ4n) is 2.91. The van der Waals surface area contributed by atoms with E-state index in [9.17, 15) is 9.59 Å². The summed E-state index contributed by atoms with van der Waals surface area (Å²) in [5, 5.41) is 0. The Labute approximate surface area is 134 Å². The molecule has 126 valence electrons. The van der Waals surface area contributed by atoms with E-state index in [0.717, 1.165) is 51.4 Å². The van der Waals surface area contributed by atoms with Gasteiger partial charge in [0.1, 0.15) is 12.2 Å². The highest BCUT2D eigenvalue weighted by Crippen LogP contribution is 2.21. The van der Waals surface area contributed by atoms with Crippen LogP contribution in [-0.4, -0.2) is 24.1 Å². The van der Waals surface area contributed by atoms with E-state index < -0.39 is 11.9 Å². The van der Waals surface area contributed by atoms with Crippen molar-refractivity contribution >= 4 is 11.9 Å². The summed E-state index contributed by atoms with van der Waals surface area (Å²) >= 11 is 0. The number of hydrogen-bond acceptors (Lipinski definition) is 4. The minimum atomic E-state index is -0.433. The molecule has 0 aromatic carbocycles. The average Bonchev–Trinajstić information content (AvgIpc) is 2.57. The van der Waals surface area contributed by atoms with Gasteiger partial charge in [-0.15, -0.1) is 0 Å². The third-order valence-electron chi connectivity index (χ3n) is 4.03. The Balaban J connectivity index is 0.00000116. The Hall–Kier alpha value is -1.32. The zero-order valence-electron chi connectivity index (χ0n) is 14.0. The van der Waals surface area contributed by atoms with Gasteiger partial charge in [0.2, 0.25) is 0 Å². The van der Waals surface area contributed by atoms with Crippen LogP contribution >= 0.6 is 0 Å². The molecule has 0 aliphatic heterocycles. The van der Waals surface area contributed by atoms with Gasteiger partial charge >= 0.3 is 11.9 Å². The molecule has 0 saturated heterocycles. The largest absolute Gasteiger partial charge is 0.459 e. The average molecular weight is 310 g/mol. The second-order valence-electron chi connectivity index (χ2n) is 5.73. The molecule has 0 radical (unpaired) electrons. The fraction of sp³-hybridized carbons (Fsp3) is 0.778. The Bertz CT molecular complexity index is 316. The van der Waals surface area contributed by atoms with Crippen LogP contribution < -0.4 is 0 Å². The van der Waals surface area contributed by atoms with Crippen LogP contribution in [0.25, 0.3) is 0 Å². The molecule has 2 fully saturated rings. The first-order valence-corrected chi connectivity index (χ1v) is 8.83. The molecule has 2 saturated carbocycles. The number of carbonyl (C=O) groups excluding carboxylic acids is 2. The van der Waals surface area contributed by atoms with Crippen LogP contribution in [0.1, 0.15) is 78.1 Å². The zero-order valence-corrected chi connectivity index (χ0v) is 14.0. The Morgan fingerprint density at radius 3 is 1.32 bits per heavy atom. The molecule has 0 N–H and O–H groups in total. The van der Waals surface area contributed by atoms with E-state index in [1.165, 1.54) is 25.0 Å². The zero-order chi connectivity index (χ0) is 16.2. The van der Waals surface area contributed by atoms with E-state index in [1.54, 1.807) is 0 Å². The number of hydrogen-bond donors (Lipinski definition) is 0. The maximum atomic E-state index is 11.6. The van der Waals surface area contributed by atoms with Crippen molar-refractivity contribution in [3.63, 3.8) is 0 Å². The molecule has 0 aromatic heterocycles. The molecule has 0 heterocycles. The Morgan fingerprint density at radius 2 is 1.00 bits per heavy atom. The van der Waals surface area contributed by atoms with Crippen LogP contribution in [0.2, 0.25) is 0 Å². The van der Waals surface area contributed by atoms with E-state index in [4.69, 9.17) is 9.47 Å². The van der Waals surface area contributed by atoms with Crippen LogP contribution in [0, 0.1) is 0 Å². The lowest BCUT2D eigenvalue weighted by Gasteiger charge is -2.21. The Morgan fingerprint density at radius 1 is 0.682 bits per heavy atom. The highest BCUT2D eigenvalue weighted by molar-refractivity contribution is 5.91. The molecule has 0 atom stereocenters. The first-order valence-electron chi connectivity index (χ1n) is 8.83. The highest BCUT2D eigenvalue weighted by atomic mass is 16.5. The molecule has 4 nitrogen and oxygen atoms in total. The second kappa shape index (κ2) is 11.3. The molecule has 0 bridgehead atoms. The van der Waals surface area contributed by atoms with Gasteiger partial charge in [-0.3, -0.25) is 0 Å². The third-order valence-corrected chi connectivity index (χ3v) is 4.03. The van der Waals surface area contributed by atoms with Crippen LogP contribution in [0.3, 0.4) is 0 Å². The molecular weight excluding hydrogens is 280 g/mol. The summed E-state index contributed by atoms with van der Waals surface area (Å²) in [6.07, 6.45) is 13.1. The highest BCUT2D eigenvalue weighted by Gasteiger charge is 2.18. The summed E-state index contributed by atoms with van der Waals surface area (Å²) < 4.78 is 10.6. The van der Waals surface area contributed by atoms with E-state index >= 15 is 0 Å². The summed E-state index contributed by atoms with van der Waals surface area (Å²) in [6.45, 7) is 4.00. The SMILES string of the molecule is CC.O=C(/C=C\C(=O)OC1CCCCC1)OC1CCCCC1. The molecular formula is C18H30O4. The lowest BCUT2D eigenvalue weighted by molar-refractivity contribution is -0.147. The van der Waals surface area contributed by atoms with Crippen molar-refractivity contribution in [2.75, 3.05) is 0 Å². The maximum Gasteiger partial charge on any atom is 0.331 e. The number of esters is 2. The molecule has 0 amide bonds. The second-order valence-corrected chi connectivity index (χ2v) is 5.73. The van der Waals surface area contributed by atoms with Gasteiger partial charge in [-0.1, -0.05) is 26.7 Å². The number of ether oxygens (including phenoxy) is 2. The topological polar surface area (TPSA) is 52.6 Å². The van der Waals surface area contributed by atoms with E-state index in [2.05, 4.69) is 0 Å². The third kappa shape index (κ3) is 7.62. The van der Waals surface area contributed by atoms with E-state index in [0.29, 0.717) is 0 Å². The number of rotatable bonds is 4. The van der Waals surface area contributed by atoms with Crippen molar-refractivity contribution in [3.05, 3.63) is 12.2 Å². The molecule has 22 heavy (non-hydrogen) atoms. The van der Waals surface area contributed by atoms with Gasteiger partial charge in [0.15, 0.2) is 0 Å². The molecule has 2 rings (SSSR count). The smallest absolute Gasteiger partial charge is 0.331 e. The summed E-state index contributed by atoms with van der Waals surface area (Å²) in [4.78, 5) is 23.2. The van der Waals surface area contributed by atoms with Crippen LogP contribution in [0.5, 0.6) is 0 Å². The van der Waals surface area contributed by atoms with Crippen LogP contribution in [-0.2, 0) is 19.1 Å². The van der Waals surface area contributed by atoms with E-state index in [-0.39, 0.29) is 12.2 Å². The van der Waals surface area contributed by atoms with Crippen LogP contribution in [0.15, 0.2) is 12.2 Å². The maximum absolute atomic E-state index is 11.6. The van der Waals surface area contributed by atoms with Crippen molar-refractivity contribution in [2.24, 2.45) is 0 Å². The van der Waals surface area contributed by atoms with E-state index in [1.807, 2.05) is 13.8 Å². The van der Waals surface area contributed by atoms with Gasteiger partial charge in [-0.05, 0) is 51.4 Å². The first kappa shape index (κ1) is 18.7. The van der Waals surface area contributed by atoms with Gasteiger partial charge in [0.25, 0.3) is 0 Å². The quantitative estimate of drug-likeness (QED) is 0.573. The van der Waals surface area contributed by atoms with Crippen molar-refractivity contribution in [2.45, 2.75) is 90.3 Å². The summed E-state index contributed by atoms with van der Waals surface area (Å²) in [6, 6.07) is 0. The standard InChI is InChI=1S/C16H24O4.C2H6/c17-15(19-13-7-3-1-4-8-13)11-12-16(18)20-14-9-5-2-6-10-14;1-2/h11-14H,1-10H2;1-2H3/b12-11-;. The minimum Gasteiger partial charge on any atom is -0.459 e. The van der Waals surface area contributed by atoms with Crippen molar-refractivity contribution < 1.29 is 19.1 Å². The minimum absolute atomic E-state index is 0.0234. The molecule has 2 aliphatic rings. The molecule has 0 spiro atoms. The van der Waals surface area contributed by atoms with Gasteiger partial charge in [0.05, 0.1) is 0 Å². The van der Waals surface area contributed by atoms with Gasteiger partial charge in [0, 0.05) is 12.2 Å². The predicted molar refractivity (Wildman–Crippen MR) is 86.4 cm³/mol. The molecule has 2 aliphatic carbocycles. The van der Waals surface area contributed by atoms with Crippen molar-refractivity contribution in [1.82, 2.24) is 0 Å². The normalized spacial score (nSPS) is 20.1. The van der Waals surface area contributed by atoms with Crippen molar-refractivity contribution in [1.29, 1.82) is 0 Å². The first-order chi connectivity index (χ1) is 10.7. The lowest BCUT2D eigenvalue weighted by Crippen LogP contribution is -2.21. The predicted octanol–water partition coefficient (Wildman–Crippen LogP) is 4.32. The molecule has 4 heteroatoms. The summed E-state index contributed by atoms with van der Waals surface area (Å²) in [5.41, 5.74) is 0. The summed E-state index contributed by atoms with van der Waals surface area (Å²) in [7, 11) is 0. The van der Waals surface area contributed by atoms with Crippen molar-refractivity contribution in [3.8, 4) is 0 Å².